The van der Waals surface area contributed by atoms with Crippen molar-refractivity contribution in [3.63, 3.8) is 0 Å². The molecule has 2 nitrogen and oxygen atoms in total. The van der Waals surface area contributed by atoms with Gasteiger partial charge >= 0.3 is 78.0 Å². The van der Waals surface area contributed by atoms with E-state index in [0.29, 0.717) is 0 Å². The maximum atomic E-state index is 4.24. The van der Waals surface area contributed by atoms with Gasteiger partial charge in [0.2, 0.25) is 0 Å². The van der Waals surface area contributed by atoms with Crippen LogP contribution in [0.15, 0.2) is 29.0 Å². The molecule has 0 unspecified atom stereocenters. The fraction of sp³-hybridized carbons (Fsp3) is 0.375. The zero-order valence-electron chi connectivity index (χ0n) is 6.60. The number of hydrogen-bond donors (Lipinski definition) is 1. The molecular formula is C8H12IN2-. The standard InChI is InChI=1S/C8H12IN2/c1-3-6-10-8-7(2)4-5-9-11-8/h3,6,11H,1,4-5H2,2H3/q-1. The second kappa shape index (κ2) is 4.54. The molecule has 1 aliphatic heterocycles. The number of nitrogens with one attached hydrogen (secondary N) is 1. The number of halogens is 1. The van der Waals surface area contributed by atoms with Crippen LogP contribution in [0.25, 0.3) is 0 Å². The predicted octanol–water partition coefficient (Wildman–Crippen LogP) is -1.53. The van der Waals surface area contributed by atoms with E-state index >= 15 is 0 Å². The third-order valence-corrected chi connectivity index (χ3v) is 3.40. The van der Waals surface area contributed by atoms with Gasteiger partial charge in [-0.25, -0.2) is 0 Å². The fourth-order valence-corrected chi connectivity index (χ4v) is 3.07. The van der Waals surface area contributed by atoms with Gasteiger partial charge in [0.15, 0.2) is 0 Å². The average Bonchev–Trinajstić information content (AvgIpc) is 2.03. The minimum absolute atomic E-state index is 0.174. The number of aliphatic imine (C=N–C) groups is 1. The normalized spacial score (nSPS) is 19.4. The van der Waals surface area contributed by atoms with E-state index in [4.69, 9.17) is 0 Å². The number of alkyl halides is 1. The molecule has 0 aromatic heterocycles. The van der Waals surface area contributed by atoms with Crippen LogP contribution < -0.4 is 25.0 Å². The van der Waals surface area contributed by atoms with Crippen LogP contribution in [-0.2, 0) is 0 Å². The van der Waals surface area contributed by atoms with Gasteiger partial charge in [0.1, 0.15) is 0 Å². The van der Waals surface area contributed by atoms with Crippen LogP contribution in [-0.4, -0.2) is 10.6 Å². The van der Waals surface area contributed by atoms with E-state index in [0.717, 1.165) is 5.82 Å². The van der Waals surface area contributed by atoms with Gasteiger partial charge < -0.3 is 0 Å². The molecule has 0 aliphatic carbocycles. The molecule has 0 radical (unpaired) electrons. The molecule has 0 atom stereocenters. The molecule has 0 saturated heterocycles. The fourth-order valence-electron chi connectivity index (χ4n) is 0.760. The Balaban J connectivity index is 2.66. The summed E-state index contributed by atoms with van der Waals surface area (Å²) in [5.74, 6) is 1.07. The molecule has 0 amide bonds. The number of hydrogen-bond acceptors (Lipinski definition) is 2. The van der Waals surface area contributed by atoms with Gasteiger partial charge in [0, 0.05) is 0 Å². The molecule has 1 rings (SSSR count). The van der Waals surface area contributed by atoms with Gasteiger partial charge in [-0.1, -0.05) is 0 Å². The summed E-state index contributed by atoms with van der Waals surface area (Å²) in [4.78, 5) is 4.24. The van der Waals surface area contributed by atoms with E-state index in [2.05, 4.69) is 22.0 Å². The number of nitrogens with zero attached hydrogens (tertiary/aromatic N) is 1. The molecule has 0 bridgehead atoms. The summed E-state index contributed by atoms with van der Waals surface area (Å²) in [5.41, 5.74) is 1.37. The first-order valence-electron chi connectivity index (χ1n) is 3.53. The SMILES string of the molecule is C=CC=NC1=C(C)CC[I-]N1. The molecule has 0 spiro atoms. The summed E-state index contributed by atoms with van der Waals surface area (Å²) in [7, 11) is 0. The van der Waals surface area contributed by atoms with Crippen LogP contribution in [0.2, 0.25) is 0 Å². The van der Waals surface area contributed by atoms with Gasteiger partial charge in [-0.2, -0.15) is 0 Å². The second-order valence-electron chi connectivity index (χ2n) is 2.31. The van der Waals surface area contributed by atoms with Crippen molar-refractivity contribution < 1.29 is 21.5 Å². The summed E-state index contributed by atoms with van der Waals surface area (Å²) in [6.45, 7) is 5.71. The summed E-state index contributed by atoms with van der Waals surface area (Å²) >= 11 is 0.174. The zero-order chi connectivity index (χ0) is 8.10. The first kappa shape index (κ1) is 8.77. The summed E-state index contributed by atoms with van der Waals surface area (Å²) in [5, 5.41) is 0. The second-order valence-corrected chi connectivity index (χ2v) is 4.69. The Morgan fingerprint density at radius 1 is 1.73 bits per heavy atom. The van der Waals surface area contributed by atoms with Crippen LogP contribution in [0.1, 0.15) is 13.3 Å². The van der Waals surface area contributed by atoms with Crippen molar-refractivity contribution in [2.24, 2.45) is 4.99 Å². The molecule has 11 heavy (non-hydrogen) atoms. The van der Waals surface area contributed by atoms with Crippen LogP contribution in [0.3, 0.4) is 0 Å². The summed E-state index contributed by atoms with van der Waals surface area (Å²) in [6.07, 6.45) is 4.65. The Bertz CT molecular complexity index is 206. The molecule has 3 heteroatoms. The molecule has 1 aliphatic rings. The van der Waals surface area contributed by atoms with Crippen LogP contribution in [0.5, 0.6) is 0 Å². The van der Waals surface area contributed by atoms with E-state index in [-0.39, 0.29) is 21.5 Å². The van der Waals surface area contributed by atoms with Crippen LogP contribution >= 0.6 is 0 Å². The molecule has 0 fully saturated rings. The topological polar surface area (TPSA) is 24.4 Å². The molecule has 0 saturated carbocycles. The van der Waals surface area contributed by atoms with Gasteiger partial charge in [-0.05, 0) is 0 Å². The van der Waals surface area contributed by atoms with E-state index < -0.39 is 0 Å². The van der Waals surface area contributed by atoms with Crippen molar-refractivity contribution in [3.05, 3.63) is 24.0 Å². The van der Waals surface area contributed by atoms with Crippen LogP contribution in [0.4, 0.5) is 0 Å². The van der Waals surface area contributed by atoms with Crippen LogP contribution in [0, 0.1) is 0 Å². The molecule has 0 aromatic carbocycles. The molecule has 62 valence electrons. The first-order valence-corrected chi connectivity index (χ1v) is 6.14. The van der Waals surface area contributed by atoms with E-state index in [1.54, 1.807) is 12.3 Å². The van der Waals surface area contributed by atoms with E-state index in [1.165, 1.54) is 16.4 Å². The van der Waals surface area contributed by atoms with Crippen molar-refractivity contribution in [2.45, 2.75) is 13.3 Å². The Morgan fingerprint density at radius 2 is 2.55 bits per heavy atom. The Labute approximate surface area is 78.1 Å². The van der Waals surface area contributed by atoms with E-state index in [1.807, 2.05) is 0 Å². The maximum absolute atomic E-state index is 4.24. The van der Waals surface area contributed by atoms with Crippen molar-refractivity contribution >= 4 is 6.21 Å². The van der Waals surface area contributed by atoms with Crippen molar-refractivity contribution in [1.82, 2.24) is 3.53 Å². The zero-order valence-corrected chi connectivity index (χ0v) is 8.76. The van der Waals surface area contributed by atoms with Crippen molar-refractivity contribution in [3.8, 4) is 0 Å². The Hall–Kier alpha value is -0.320. The van der Waals surface area contributed by atoms with Gasteiger partial charge in [0.05, 0.1) is 0 Å². The van der Waals surface area contributed by atoms with Gasteiger partial charge in [0.25, 0.3) is 0 Å². The monoisotopic (exact) mass is 263 g/mol. The molecular weight excluding hydrogens is 251 g/mol. The van der Waals surface area contributed by atoms with Gasteiger partial charge in [-0.15, -0.1) is 0 Å². The average molecular weight is 263 g/mol. The molecule has 1 N–H and O–H groups in total. The summed E-state index contributed by atoms with van der Waals surface area (Å²) in [6, 6.07) is 0. The predicted molar refractivity (Wildman–Crippen MR) is 44.0 cm³/mol. The van der Waals surface area contributed by atoms with Gasteiger partial charge in [-0.3, -0.25) is 0 Å². The first-order chi connectivity index (χ1) is 5.34. The molecule has 1 heterocycles. The third kappa shape index (κ3) is 2.65. The number of rotatable bonds is 2. The Morgan fingerprint density at radius 3 is 3.18 bits per heavy atom. The Kier molecular flexibility index (Phi) is 3.62. The quantitative estimate of drug-likeness (QED) is 0.278. The third-order valence-electron chi connectivity index (χ3n) is 1.43. The van der Waals surface area contributed by atoms with E-state index in [9.17, 15) is 0 Å². The van der Waals surface area contributed by atoms with Crippen molar-refractivity contribution in [2.75, 3.05) is 4.43 Å². The minimum atomic E-state index is 0.174. The summed E-state index contributed by atoms with van der Waals surface area (Å²) < 4.78 is 4.68. The number of allylic oxidation sites excluding steroid dienone is 2. The molecule has 0 aromatic rings. The van der Waals surface area contributed by atoms with Crippen molar-refractivity contribution in [1.29, 1.82) is 0 Å².